The van der Waals surface area contributed by atoms with Crippen LogP contribution in [0.3, 0.4) is 0 Å². The summed E-state index contributed by atoms with van der Waals surface area (Å²) < 4.78 is 5.84. The predicted octanol–water partition coefficient (Wildman–Crippen LogP) is 2.91. The van der Waals surface area contributed by atoms with Crippen LogP contribution < -0.4 is 5.73 Å². The Labute approximate surface area is 129 Å². The first kappa shape index (κ1) is 15.1. The van der Waals surface area contributed by atoms with Crippen molar-refractivity contribution >= 4 is 5.96 Å². The maximum Gasteiger partial charge on any atom is 0.191 e. The van der Waals surface area contributed by atoms with Gasteiger partial charge < -0.3 is 15.4 Å². The van der Waals surface area contributed by atoms with Gasteiger partial charge in [0.05, 0.1) is 18.2 Å². The second-order valence-corrected chi connectivity index (χ2v) is 7.23. The molecule has 1 saturated heterocycles. The summed E-state index contributed by atoms with van der Waals surface area (Å²) in [6, 6.07) is 0. The molecule has 3 unspecified atom stereocenters. The van der Waals surface area contributed by atoms with E-state index in [0.29, 0.717) is 6.10 Å². The average molecular weight is 293 g/mol. The number of guanidine groups is 1. The van der Waals surface area contributed by atoms with Gasteiger partial charge in [0.15, 0.2) is 5.96 Å². The summed E-state index contributed by atoms with van der Waals surface area (Å²) in [5, 5.41) is 0. The van der Waals surface area contributed by atoms with Crippen LogP contribution in [-0.4, -0.2) is 42.2 Å². The van der Waals surface area contributed by atoms with E-state index in [2.05, 4.69) is 16.8 Å². The lowest BCUT2D eigenvalue weighted by molar-refractivity contribution is 0.0602. The molecule has 0 aromatic heterocycles. The van der Waals surface area contributed by atoms with Gasteiger partial charge in [-0.25, -0.2) is 0 Å². The molecule has 2 N–H and O–H groups in total. The van der Waals surface area contributed by atoms with Crippen LogP contribution in [-0.2, 0) is 4.74 Å². The first-order chi connectivity index (χ1) is 10.2. The first-order valence-electron chi connectivity index (χ1n) is 8.93. The SMILES string of the molecule is CCCC1CCCC2(CC1)CN=C(N)N2CC1CCCO1. The van der Waals surface area contributed by atoms with Gasteiger partial charge in [-0.1, -0.05) is 32.6 Å². The van der Waals surface area contributed by atoms with E-state index >= 15 is 0 Å². The van der Waals surface area contributed by atoms with Crippen molar-refractivity contribution in [2.75, 3.05) is 19.7 Å². The molecule has 0 aromatic rings. The minimum Gasteiger partial charge on any atom is -0.376 e. The van der Waals surface area contributed by atoms with E-state index in [1.807, 2.05) is 0 Å². The fraction of sp³-hybridized carbons (Fsp3) is 0.941. The van der Waals surface area contributed by atoms with Gasteiger partial charge in [-0.15, -0.1) is 0 Å². The fourth-order valence-corrected chi connectivity index (χ4v) is 4.51. The van der Waals surface area contributed by atoms with Crippen LogP contribution in [0, 0.1) is 5.92 Å². The predicted molar refractivity (Wildman–Crippen MR) is 86.4 cm³/mol. The smallest absolute Gasteiger partial charge is 0.191 e. The fourth-order valence-electron chi connectivity index (χ4n) is 4.51. The zero-order valence-electron chi connectivity index (χ0n) is 13.5. The highest BCUT2D eigenvalue weighted by Crippen LogP contribution is 2.39. The van der Waals surface area contributed by atoms with E-state index in [1.165, 1.54) is 57.8 Å². The number of hydrogen-bond donors (Lipinski definition) is 1. The minimum absolute atomic E-state index is 0.207. The lowest BCUT2D eigenvalue weighted by atomic mass is 9.87. The topological polar surface area (TPSA) is 50.8 Å². The molecule has 0 bridgehead atoms. The zero-order valence-corrected chi connectivity index (χ0v) is 13.5. The third-order valence-electron chi connectivity index (χ3n) is 5.76. The molecule has 2 heterocycles. The van der Waals surface area contributed by atoms with Crippen molar-refractivity contribution in [1.82, 2.24) is 4.90 Å². The van der Waals surface area contributed by atoms with Crippen LogP contribution >= 0.6 is 0 Å². The van der Waals surface area contributed by atoms with Crippen molar-refractivity contribution in [3.63, 3.8) is 0 Å². The molecule has 0 radical (unpaired) electrons. The molecule has 120 valence electrons. The summed E-state index contributed by atoms with van der Waals surface area (Å²) in [4.78, 5) is 7.03. The molecule has 4 heteroatoms. The Kier molecular flexibility index (Phi) is 4.72. The molecule has 1 aliphatic carbocycles. The lowest BCUT2D eigenvalue weighted by Crippen LogP contribution is -2.53. The number of ether oxygens (including phenoxy) is 1. The Hall–Kier alpha value is -0.770. The minimum atomic E-state index is 0.207. The third kappa shape index (κ3) is 3.20. The summed E-state index contributed by atoms with van der Waals surface area (Å²) in [5.41, 5.74) is 6.43. The van der Waals surface area contributed by atoms with E-state index in [1.54, 1.807) is 0 Å². The van der Waals surface area contributed by atoms with Gasteiger partial charge in [-0.05, 0) is 38.0 Å². The van der Waals surface area contributed by atoms with E-state index in [-0.39, 0.29) is 5.54 Å². The molecule has 1 spiro atoms. The summed E-state index contributed by atoms with van der Waals surface area (Å²) in [7, 11) is 0. The second kappa shape index (κ2) is 6.55. The molecular formula is C17H31N3O. The van der Waals surface area contributed by atoms with E-state index in [4.69, 9.17) is 10.5 Å². The van der Waals surface area contributed by atoms with Crippen molar-refractivity contribution in [2.24, 2.45) is 16.6 Å². The van der Waals surface area contributed by atoms with Gasteiger partial charge in [0.25, 0.3) is 0 Å². The Morgan fingerprint density at radius 3 is 2.95 bits per heavy atom. The van der Waals surface area contributed by atoms with Gasteiger partial charge in [0, 0.05) is 13.2 Å². The van der Waals surface area contributed by atoms with Crippen molar-refractivity contribution in [1.29, 1.82) is 0 Å². The number of hydrogen-bond acceptors (Lipinski definition) is 4. The van der Waals surface area contributed by atoms with Crippen molar-refractivity contribution < 1.29 is 4.74 Å². The van der Waals surface area contributed by atoms with E-state index in [9.17, 15) is 0 Å². The largest absolute Gasteiger partial charge is 0.376 e. The van der Waals surface area contributed by atoms with E-state index in [0.717, 1.165) is 31.6 Å². The van der Waals surface area contributed by atoms with Gasteiger partial charge in [0.1, 0.15) is 0 Å². The Balaban J connectivity index is 1.66. The standard InChI is InChI=1S/C17H31N3O/c1-2-5-14-6-3-9-17(10-8-14)13-19-16(18)20(17)12-15-7-4-11-21-15/h14-15H,2-13H2,1H3,(H2,18,19). The van der Waals surface area contributed by atoms with Crippen LogP contribution in [0.25, 0.3) is 0 Å². The molecule has 3 rings (SSSR count). The molecule has 0 amide bonds. The molecule has 3 atom stereocenters. The van der Waals surface area contributed by atoms with Crippen LogP contribution in [0.15, 0.2) is 4.99 Å². The van der Waals surface area contributed by atoms with Crippen molar-refractivity contribution in [3.05, 3.63) is 0 Å². The Morgan fingerprint density at radius 1 is 1.29 bits per heavy atom. The van der Waals surface area contributed by atoms with Gasteiger partial charge in [0.2, 0.25) is 0 Å². The van der Waals surface area contributed by atoms with Crippen LogP contribution in [0.1, 0.15) is 64.7 Å². The first-order valence-corrected chi connectivity index (χ1v) is 8.93. The molecule has 0 aromatic carbocycles. The Bertz CT molecular complexity index is 378. The Morgan fingerprint density at radius 2 is 2.19 bits per heavy atom. The highest BCUT2D eigenvalue weighted by atomic mass is 16.5. The summed E-state index contributed by atoms with van der Waals surface area (Å²) in [6.45, 7) is 5.08. The maximum absolute atomic E-state index is 6.23. The molecule has 2 aliphatic heterocycles. The molecule has 2 fully saturated rings. The monoisotopic (exact) mass is 293 g/mol. The zero-order chi connectivity index (χ0) is 14.7. The molecule has 1 saturated carbocycles. The van der Waals surface area contributed by atoms with E-state index < -0.39 is 0 Å². The quantitative estimate of drug-likeness (QED) is 0.867. The molecule has 3 aliphatic rings. The number of aliphatic imine (C=N–C) groups is 1. The summed E-state index contributed by atoms with van der Waals surface area (Å²) in [5.74, 6) is 1.68. The van der Waals surface area contributed by atoms with Crippen LogP contribution in [0.5, 0.6) is 0 Å². The molecule has 4 nitrogen and oxygen atoms in total. The van der Waals surface area contributed by atoms with Crippen molar-refractivity contribution in [2.45, 2.75) is 76.4 Å². The summed E-state index contributed by atoms with van der Waals surface area (Å²) >= 11 is 0. The van der Waals surface area contributed by atoms with Gasteiger partial charge in [-0.2, -0.15) is 0 Å². The second-order valence-electron chi connectivity index (χ2n) is 7.23. The molecular weight excluding hydrogens is 262 g/mol. The average Bonchev–Trinajstić information content (AvgIpc) is 3.03. The highest BCUT2D eigenvalue weighted by Gasteiger charge is 2.44. The van der Waals surface area contributed by atoms with Gasteiger partial charge in [-0.3, -0.25) is 4.99 Å². The highest BCUT2D eigenvalue weighted by molar-refractivity contribution is 5.81. The van der Waals surface area contributed by atoms with Gasteiger partial charge >= 0.3 is 0 Å². The van der Waals surface area contributed by atoms with Crippen molar-refractivity contribution in [3.8, 4) is 0 Å². The number of nitrogens with two attached hydrogens (primary N) is 1. The third-order valence-corrected chi connectivity index (χ3v) is 5.76. The van der Waals surface area contributed by atoms with Crippen LogP contribution in [0.4, 0.5) is 0 Å². The summed E-state index contributed by atoms with van der Waals surface area (Å²) in [6.07, 6.45) is 12.0. The number of nitrogens with zero attached hydrogens (tertiary/aromatic N) is 2. The molecule has 21 heavy (non-hydrogen) atoms. The lowest BCUT2D eigenvalue weighted by Gasteiger charge is -2.40. The maximum atomic E-state index is 6.23. The number of rotatable bonds is 4. The normalized spacial score (nSPS) is 37.0. The van der Waals surface area contributed by atoms with Crippen LogP contribution in [0.2, 0.25) is 0 Å².